The van der Waals surface area contributed by atoms with Crippen LogP contribution < -0.4 is 5.32 Å². The van der Waals surface area contributed by atoms with E-state index < -0.39 is 0 Å². The number of aryl methyl sites for hydroxylation is 1. The van der Waals surface area contributed by atoms with Crippen molar-refractivity contribution in [1.82, 2.24) is 4.98 Å². The number of benzene rings is 1. The third kappa shape index (κ3) is 2.87. The predicted molar refractivity (Wildman–Crippen MR) is 63.3 cm³/mol. The molecule has 0 radical (unpaired) electrons. The lowest BCUT2D eigenvalue weighted by Crippen LogP contribution is -2.12. The number of hydrogen-bond donors (Lipinski definition) is 1. The van der Waals surface area contributed by atoms with Crippen LogP contribution in [0.2, 0.25) is 0 Å². The van der Waals surface area contributed by atoms with E-state index in [1.165, 1.54) is 18.3 Å². The maximum Gasteiger partial charge on any atom is 0.257 e. The second-order valence-corrected chi connectivity index (χ2v) is 3.65. The van der Waals surface area contributed by atoms with E-state index in [1.807, 2.05) is 6.92 Å². The molecule has 86 valence electrons. The number of pyridine rings is 1. The van der Waals surface area contributed by atoms with Gasteiger partial charge < -0.3 is 5.32 Å². The van der Waals surface area contributed by atoms with E-state index in [1.54, 1.807) is 24.3 Å². The molecule has 4 heteroatoms. The number of hydrogen-bond acceptors (Lipinski definition) is 2. The summed E-state index contributed by atoms with van der Waals surface area (Å²) in [5.41, 5.74) is 1.71. The molecule has 0 aliphatic heterocycles. The van der Waals surface area contributed by atoms with Crippen molar-refractivity contribution in [2.24, 2.45) is 0 Å². The Balaban J connectivity index is 2.14. The lowest BCUT2D eigenvalue weighted by atomic mass is 10.2. The van der Waals surface area contributed by atoms with Crippen LogP contribution in [0.3, 0.4) is 0 Å². The first kappa shape index (κ1) is 11.3. The molecule has 1 amide bonds. The minimum absolute atomic E-state index is 0.303. The maximum atomic E-state index is 12.9. The summed E-state index contributed by atoms with van der Waals surface area (Å²) in [4.78, 5) is 15.8. The van der Waals surface area contributed by atoms with Gasteiger partial charge in [0, 0.05) is 17.6 Å². The van der Waals surface area contributed by atoms with Crippen molar-refractivity contribution in [3.8, 4) is 0 Å². The Hall–Kier alpha value is -2.23. The number of aromatic nitrogens is 1. The highest BCUT2D eigenvalue weighted by atomic mass is 19.1. The van der Waals surface area contributed by atoms with Gasteiger partial charge in [0.2, 0.25) is 0 Å². The highest BCUT2D eigenvalue weighted by Gasteiger charge is 2.06. The Bertz CT molecular complexity index is 537. The van der Waals surface area contributed by atoms with Gasteiger partial charge >= 0.3 is 0 Å². The van der Waals surface area contributed by atoms with Crippen molar-refractivity contribution in [2.75, 3.05) is 5.32 Å². The third-order valence-electron chi connectivity index (χ3n) is 2.26. The van der Waals surface area contributed by atoms with Gasteiger partial charge in [0.25, 0.3) is 5.91 Å². The fourth-order valence-electron chi connectivity index (χ4n) is 1.37. The van der Waals surface area contributed by atoms with Gasteiger partial charge in [-0.05, 0) is 37.3 Å². The summed E-state index contributed by atoms with van der Waals surface area (Å²) < 4.78 is 12.9. The zero-order chi connectivity index (χ0) is 12.3. The summed E-state index contributed by atoms with van der Waals surface area (Å²) in [7, 11) is 0. The molecule has 2 rings (SSSR count). The van der Waals surface area contributed by atoms with E-state index in [9.17, 15) is 9.18 Å². The van der Waals surface area contributed by atoms with E-state index in [-0.39, 0.29) is 11.7 Å². The molecule has 0 saturated carbocycles. The summed E-state index contributed by atoms with van der Waals surface area (Å²) in [6.45, 7) is 1.84. The van der Waals surface area contributed by atoms with Crippen LogP contribution in [0.5, 0.6) is 0 Å². The molecule has 0 unspecified atom stereocenters. The average molecular weight is 230 g/mol. The van der Waals surface area contributed by atoms with Crippen LogP contribution in [-0.2, 0) is 0 Å². The Labute approximate surface area is 98.3 Å². The van der Waals surface area contributed by atoms with Gasteiger partial charge in [-0.3, -0.25) is 9.78 Å². The predicted octanol–water partition coefficient (Wildman–Crippen LogP) is 2.78. The minimum Gasteiger partial charge on any atom is -0.322 e. The lowest BCUT2D eigenvalue weighted by molar-refractivity contribution is 0.102. The third-order valence-corrected chi connectivity index (χ3v) is 2.26. The van der Waals surface area contributed by atoms with Gasteiger partial charge in [-0.25, -0.2) is 4.39 Å². The number of carbonyl (C=O) groups excluding carboxylic acids is 1. The van der Waals surface area contributed by atoms with Gasteiger partial charge in [0.05, 0.1) is 5.56 Å². The monoisotopic (exact) mass is 230 g/mol. The largest absolute Gasteiger partial charge is 0.322 e. The second kappa shape index (κ2) is 4.74. The first-order chi connectivity index (χ1) is 8.15. The molecule has 0 spiro atoms. The molecule has 0 aliphatic rings. The standard InChI is InChI=1S/C13H11FN2O/c1-9-5-6-10(8-15-9)13(17)16-12-4-2-3-11(14)7-12/h2-8H,1H3,(H,16,17). The summed E-state index contributed by atoms with van der Waals surface area (Å²) >= 11 is 0. The van der Waals surface area contributed by atoms with Crippen molar-refractivity contribution in [3.05, 3.63) is 59.7 Å². The van der Waals surface area contributed by atoms with Crippen molar-refractivity contribution in [2.45, 2.75) is 6.92 Å². The molecule has 1 aromatic carbocycles. The van der Waals surface area contributed by atoms with Crippen molar-refractivity contribution in [3.63, 3.8) is 0 Å². The van der Waals surface area contributed by atoms with Crippen LogP contribution in [0.1, 0.15) is 16.1 Å². The van der Waals surface area contributed by atoms with E-state index in [2.05, 4.69) is 10.3 Å². The SMILES string of the molecule is Cc1ccc(C(=O)Nc2cccc(F)c2)cn1. The number of halogens is 1. The van der Waals surface area contributed by atoms with Gasteiger partial charge in [-0.2, -0.15) is 0 Å². The van der Waals surface area contributed by atoms with Crippen molar-refractivity contribution < 1.29 is 9.18 Å². The number of anilines is 1. The number of nitrogens with one attached hydrogen (secondary N) is 1. The number of amides is 1. The first-order valence-corrected chi connectivity index (χ1v) is 5.15. The fourth-order valence-corrected chi connectivity index (χ4v) is 1.37. The second-order valence-electron chi connectivity index (χ2n) is 3.65. The first-order valence-electron chi connectivity index (χ1n) is 5.15. The minimum atomic E-state index is -0.384. The topological polar surface area (TPSA) is 42.0 Å². The Kier molecular flexibility index (Phi) is 3.14. The molecule has 0 atom stereocenters. The molecule has 17 heavy (non-hydrogen) atoms. The van der Waals surface area contributed by atoms with Crippen molar-refractivity contribution in [1.29, 1.82) is 0 Å². The molecule has 2 aromatic rings. The van der Waals surface area contributed by atoms with E-state index >= 15 is 0 Å². The van der Waals surface area contributed by atoms with Gasteiger partial charge in [-0.1, -0.05) is 6.07 Å². The van der Waals surface area contributed by atoms with E-state index in [0.29, 0.717) is 11.3 Å². The maximum absolute atomic E-state index is 12.9. The fraction of sp³-hybridized carbons (Fsp3) is 0.0769. The number of nitrogens with zero attached hydrogens (tertiary/aromatic N) is 1. The van der Waals surface area contributed by atoms with E-state index in [4.69, 9.17) is 0 Å². The Morgan fingerprint density at radius 3 is 2.76 bits per heavy atom. The zero-order valence-electron chi connectivity index (χ0n) is 9.27. The molecule has 1 N–H and O–H groups in total. The number of rotatable bonds is 2. The highest BCUT2D eigenvalue weighted by molar-refractivity contribution is 6.04. The molecule has 0 aliphatic carbocycles. The van der Waals surface area contributed by atoms with Gasteiger partial charge in [0.1, 0.15) is 5.82 Å². The average Bonchev–Trinajstić information content (AvgIpc) is 2.29. The van der Waals surface area contributed by atoms with Gasteiger partial charge in [0.15, 0.2) is 0 Å². The smallest absolute Gasteiger partial charge is 0.257 e. The van der Waals surface area contributed by atoms with Crippen LogP contribution in [0, 0.1) is 12.7 Å². The summed E-state index contributed by atoms with van der Waals surface area (Å²) in [5.74, 6) is -0.687. The zero-order valence-corrected chi connectivity index (χ0v) is 9.27. The molecular weight excluding hydrogens is 219 g/mol. The summed E-state index contributed by atoms with van der Waals surface area (Å²) in [5, 5.41) is 2.60. The molecule has 0 fully saturated rings. The van der Waals surface area contributed by atoms with Gasteiger partial charge in [-0.15, -0.1) is 0 Å². The van der Waals surface area contributed by atoms with Crippen LogP contribution in [0.15, 0.2) is 42.6 Å². The molecular formula is C13H11FN2O. The normalized spacial score (nSPS) is 10.0. The van der Waals surface area contributed by atoms with Crippen LogP contribution in [0.25, 0.3) is 0 Å². The van der Waals surface area contributed by atoms with Crippen LogP contribution in [-0.4, -0.2) is 10.9 Å². The summed E-state index contributed by atoms with van der Waals surface area (Å²) in [6.07, 6.45) is 1.49. The van der Waals surface area contributed by atoms with Crippen molar-refractivity contribution >= 4 is 11.6 Å². The molecule has 1 heterocycles. The Morgan fingerprint density at radius 1 is 1.29 bits per heavy atom. The molecule has 1 aromatic heterocycles. The lowest BCUT2D eigenvalue weighted by Gasteiger charge is -2.05. The molecule has 0 saturated heterocycles. The molecule has 3 nitrogen and oxygen atoms in total. The van der Waals surface area contributed by atoms with Crippen LogP contribution >= 0.6 is 0 Å². The quantitative estimate of drug-likeness (QED) is 0.861. The summed E-state index contributed by atoms with van der Waals surface area (Å²) in [6, 6.07) is 9.18. The van der Waals surface area contributed by atoms with E-state index in [0.717, 1.165) is 5.69 Å². The molecule has 0 bridgehead atoms. The number of carbonyl (C=O) groups is 1. The Morgan fingerprint density at radius 2 is 2.12 bits per heavy atom. The highest BCUT2D eigenvalue weighted by Crippen LogP contribution is 2.11. The van der Waals surface area contributed by atoms with Crippen LogP contribution in [0.4, 0.5) is 10.1 Å².